The molecule has 1 N–H and O–H groups in total. The number of allylic oxidation sites excluding steroid dienone is 1. The van der Waals surface area contributed by atoms with Gasteiger partial charge in [0.05, 0.1) is 13.2 Å². The maximum atomic E-state index is 5.68. The van der Waals surface area contributed by atoms with Gasteiger partial charge in [-0.2, -0.15) is 0 Å². The molecule has 1 aromatic rings. The molecule has 1 rings (SSSR count). The van der Waals surface area contributed by atoms with Crippen molar-refractivity contribution in [3.8, 4) is 0 Å². The fourth-order valence-corrected chi connectivity index (χ4v) is 1.72. The fraction of sp³-hybridized carbons (Fsp3) is 0.600. The van der Waals surface area contributed by atoms with Crippen LogP contribution in [0.3, 0.4) is 0 Å². The van der Waals surface area contributed by atoms with Crippen LogP contribution in [0.4, 0.5) is 0 Å². The zero-order valence-corrected chi connectivity index (χ0v) is 11.6. The molecule has 0 aliphatic carbocycles. The van der Waals surface area contributed by atoms with Crippen molar-refractivity contribution in [1.29, 1.82) is 0 Å². The van der Waals surface area contributed by atoms with Crippen molar-refractivity contribution < 1.29 is 9.15 Å². The Morgan fingerprint density at radius 1 is 1.50 bits per heavy atom. The van der Waals surface area contributed by atoms with E-state index in [4.69, 9.17) is 9.15 Å². The van der Waals surface area contributed by atoms with Crippen molar-refractivity contribution in [2.75, 3.05) is 13.2 Å². The third kappa shape index (κ3) is 5.52. The van der Waals surface area contributed by atoms with Crippen LogP contribution in [0.25, 0.3) is 0 Å². The number of hydrogen-bond donors (Lipinski definition) is 1. The number of furan rings is 1. The van der Waals surface area contributed by atoms with Gasteiger partial charge in [0.25, 0.3) is 0 Å². The molecule has 3 nitrogen and oxygen atoms in total. The standard InChI is InChI=1S/C15H25NO2/c1-4-6-7-9-17-12-14-10-15(18-13(14)3)11-16-8-5-2/h4,10,16H,1,5-9,11-12H2,2-3H3. The van der Waals surface area contributed by atoms with Crippen LogP contribution in [0.1, 0.15) is 43.3 Å². The maximum absolute atomic E-state index is 5.68. The van der Waals surface area contributed by atoms with Gasteiger partial charge in [-0.25, -0.2) is 0 Å². The number of ether oxygens (including phenoxy) is 1. The minimum absolute atomic E-state index is 0.639. The molecule has 1 aromatic heterocycles. The van der Waals surface area contributed by atoms with Gasteiger partial charge in [0.15, 0.2) is 0 Å². The van der Waals surface area contributed by atoms with Crippen LogP contribution in [0.15, 0.2) is 23.1 Å². The molecule has 1 heterocycles. The van der Waals surface area contributed by atoms with Crippen molar-refractivity contribution >= 4 is 0 Å². The van der Waals surface area contributed by atoms with Crippen molar-refractivity contribution in [2.24, 2.45) is 0 Å². The molecule has 0 aliphatic heterocycles. The summed E-state index contributed by atoms with van der Waals surface area (Å²) in [5.74, 6) is 1.96. The molecule has 0 radical (unpaired) electrons. The Morgan fingerprint density at radius 2 is 2.33 bits per heavy atom. The lowest BCUT2D eigenvalue weighted by molar-refractivity contribution is 0.118. The molecule has 0 aliphatic rings. The highest BCUT2D eigenvalue weighted by Gasteiger charge is 2.06. The first-order chi connectivity index (χ1) is 8.77. The van der Waals surface area contributed by atoms with Gasteiger partial charge in [-0.05, 0) is 38.8 Å². The van der Waals surface area contributed by atoms with E-state index in [1.807, 2.05) is 13.0 Å². The Hall–Kier alpha value is -1.06. The zero-order valence-electron chi connectivity index (χ0n) is 11.6. The van der Waals surface area contributed by atoms with Crippen LogP contribution in [-0.4, -0.2) is 13.2 Å². The number of hydrogen-bond acceptors (Lipinski definition) is 3. The van der Waals surface area contributed by atoms with E-state index in [0.717, 1.165) is 56.0 Å². The summed E-state index contributed by atoms with van der Waals surface area (Å²) in [7, 11) is 0. The first-order valence-corrected chi connectivity index (χ1v) is 6.75. The highest BCUT2D eigenvalue weighted by molar-refractivity contribution is 5.19. The average Bonchev–Trinajstić information content (AvgIpc) is 2.70. The summed E-state index contributed by atoms with van der Waals surface area (Å²) in [4.78, 5) is 0. The summed E-state index contributed by atoms with van der Waals surface area (Å²) in [6, 6.07) is 2.09. The van der Waals surface area contributed by atoms with Crippen LogP contribution in [0.2, 0.25) is 0 Å². The molecule has 3 heteroatoms. The van der Waals surface area contributed by atoms with Crippen LogP contribution >= 0.6 is 0 Å². The van der Waals surface area contributed by atoms with Crippen molar-refractivity contribution in [2.45, 2.75) is 46.3 Å². The predicted octanol–water partition coefficient (Wildman–Crippen LogP) is 3.57. The molecule has 18 heavy (non-hydrogen) atoms. The lowest BCUT2D eigenvalue weighted by Gasteiger charge is -2.01. The SMILES string of the molecule is C=CCCCOCc1cc(CNCCC)oc1C. The van der Waals surface area contributed by atoms with Crippen LogP contribution in [-0.2, 0) is 17.9 Å². The topological polar surface area (TPSA) is 34.4 Å². The van der Waals surface area contributed by atoms with E-state index >= 15 is 0 Å². The second kappa shape index (κ2) is 8.95. The van der Waals surface area contributed by atoms with E-state index in [-0.39, 0.29) is 0 Å². The van der Waals surface area contributed by atoms with Gasteiger partial charge in [0.1, 0.15) is 11.5 Å². The molecule has 0 aromatic carbocycles. The highest BCUT2D eigenvalue weighted by Crippen LogP contribution is 2.15. The Bertz CT molecular complexity index is 344. The molecule has 0 fully saturated rings. The average molecular weight is 251 g/mol. The molecule has 0 bridgehead atoms. The summed E-state index contributed by atoms with van der Waals surface area (Å²) in [5.41, 5.74) is 1.15. The van der Waals surface area contributed by atoms with Crippen molar-refractivity contribution in [1.82, 2.24) is 5.32 Å². The van der Waals surface area contributed by atoms with E-state index in [1.54, 1.807) is 0 Å². The van der Waals surface area contributed by atoms with Crippen LogP contribution in [0.5, 0.6) is 0 Å². The maximum Gasteiger partial charge on any atom is 0.118 e. The second-order valence-electron chi connectivity index (χ2n) is 4.45. The zero-order chi connectivity index (χ0) is 13.2. The molecule has 0 unspecified atom stereocenters. The van der Waals surface area contributed by atoms with E-state index in [1.165, 1.54) is 0 Å². The molecule has 102 valence electrons. The molecule has 0 saturated heterocycles. The van der Waals surface area contributed by atoms with E-state index in [0.29, 0.717) is 6.61 Å². The second-order valence-corrected chi connectivity index (χ2v) is 4.45. The minimum Gasteiger partial charge on any atom is -0.465 e. The summed E-state index contributed by atoms with van der Waals surface area (Å²) >= 11 is 0. The monoisotopic (exact) mass is 251 g/mol. The van der Waals surface area contributed by atoms with Crippen LogP contribution in [0, 0.1) is 6.92 Å². The summed E-state index contributed by atoms with van der Waals surface area (Å²) in [6.45, 7) is 11.1. The summed E-state index contributed by atoms with van der Waals surface area (Å²) in [5, 5.41) is 3.33. The number of rotatable bonds is 10. The third-order valence-corrected chi connectivity index (χ3v) is 2.75. The molecule has 0 atom stereocenters. The quantitative estimate of drug-likeness (QED) is 0.510. The molecule has 0 spiro atoms. The van der Waals surface area contributed by atoms with Gasteiger partial charge in [0.2, 0.25) is 0 Å². The van der Waals surface area contributed by atoms with Gasteiger partial charge >= 0.3 is 0 Å². The van der Waals surface area contributed by atoms with Gasteiger partial charge in [-0.15, -0.1) is 6.58 Å². The van der Waals surface area contributed by atoms with Gasteiger partial charge < -0.3 is 14.5 Å². The number of aryl methyl sites for hydroxylation is 1. The van der Waals surface area contributed by atoms with Gasteiger partial charge in [-0.1, -0.05) is 13.0 Å². The van der Waals surface area contributed by atoms with Gasteiger partial charge in [0, 0.05) is 12.2 Å². The Morgan fingerprint density at radius 3 is 3.06 bits per heavy atom. The molecular formula is C15H25NO2. The molecular weight excluding hydrogens is 226 g/mol. The first kappa shape index (κ1) is 15.0. The van der Waals surface area contributed by atoms with Crippen LogP contribution < -0.4 is 5.32 Å². The van der Waals surface area contributed by atoms with Gasteiger partial charge in [-0.3, -0.25) is 0 Å². The molecule has 0 saturated carbocycles. The lowest BCUT2D eigenvalue weighted by Crippen LogP contribution is -2.13. The Labute approximate surface area is 110 Å². The third-order valence-electron chi connectivity index (χ3n) is 2.75. The summed E-state index contributed by atoms with van der Waals surface area (Å²) in [6.07, 6.45) is 5.10. The minimum atomic E-state index is 0.639. The predicted molar refractivity (Wildman–Crippen MR) is 74.5 cm³/mol. The van der Waals surface area contributed by atoms with Crippen molar-refractivity contribution in [3.63, 3.8) is 0 Å². The van der Waals surface area contributed by atoms with E-state index < -0.39 is 0 Å². The van der Waals surface area contributed by atoms with E-state index in [2.05, 4.69) is 24.9 Å². The highest BCUT2D eigenvalue weighted by atomic mass is 16.5. The normalized spacial score (nSPS) is 10.8. The fourth-order valence-electron chi connectivity index (χ4n) is 1.72. The smallest absolute Gasteiger partial charge is 0.118 e. The lowest BCUT2D eigenvalue weighted by atomic mass is 10.2. The number of unbranched alkanes of at least 4 members (excludes halogenated alkanes) is 1. The Balaban J connectivity index is 2.29. The largest absolute Gasteiger partial charge is 0.465 e. The summed E-state index contributed by atoms with van der Waals surface area (Å²) < 4.78 is 11.3. The van der Waals surface area contributed by atoms with E-state index in [9.17, 15) is 0 Å². The number of nitrogens with one attached hydrogen (secondary N) is 1. The first-order valence-electron chi connectivity index (χ1n) is 6.75. The van der Waals surface area contributed by atoms with Crippen molar-refractivity contribution in [3.05, 3.63) is 35.8 Å². The Kier molecular flexibility index (Phi) is 7.46. The molecule has 0 amide bonds.